The van der Waals surface area contributed by atoms with Gasteiger partial charge in [0, 0.05) is 42.2 Å². The van der Waals surface area contributed by atoms with E-state index in [4.69, 9.17) is 0 Å². The summed E-state index contributed by atoms with van der Waals surface area (Å²) in [7, 11) is 0. The number of piperidine rings is 4. The van der Waals surface area contributed by atoms with Gasteiger partial charge in [0.2, 0.25) is 23.6 Å². The maximum Gasteiger partial charge on any atom is 0.249 e. The second kappa shape index (κ2) is 21.6. The monoisotopic (exact) mass is 720 g/mol. The molecule has 1 aromatic heterocycles. The second-order valence-electron chi connectivity index (χ2n) is 14.2. The smallest absolute Gasteiger partial charge is 0.249 e. The second-order valence-corrected chi connectivity index (χ2v) is 14.2. The van der Waals surface area contributed by atoms with Gasteiger partial charge in [0.05, 0.1) is 11.9 Å². The molecule has 4 amide bonds. The van der Waals surface area contributed by atoms with E-state index in [2.05, 4.69) is 81.9 Å². The van der Waals surface area contributed by atoms with Crippen molar-refractivity contribution in [1.29, 1.82) is 0 Å². The van der Waals surface area contributed by atoms with Gasteiger partial charge >= 0.3 is 0 Å². The van der Waals surface area contributed by atoms with Crippen molar-refractivity contribution in [1.82, 2.24) is 25.4 Å². The van der Waals surface area contributed by atoms with Crippen molar-refractivity contribution in [3.8, 4) is 0 Å². The topological polar surface area (TPSA) is 136 Å². The van der Waals surface area contributed by atoms with Crippen LogP contribution in [0.15, 0.2) is 42.6 Å². The summed E-state index contributed by atoms with van der Waals surface area (Å²) < 4.78 is 0. The van der Waals surface area contributed by atoms with Crippen LogP contribution in [-0.2, 0) is 19.2 Å². The van der Waals surface area contributed by atoms with Gasteiger partial charge < -0.3 is 20.4 Å². The molecule has 11 heteroatoms. The van der Waals surface area contributed by atoms with E-state index in [1.54, 1.807) is 6.20 Å². The molecule has 4 aliphatic rings. The zero-order valence-corrected chi connectivity index (χ0v) is 33.0. The molecule has 0 bridgehead atoms. The minimum Gasteiger partial charge on any atom is -0.374 e. The highest BCUT2D eigenvalue weighted by molar-refractivity contribution is 6.02. The van der Waals surface area contributed by atoms with Gasteiger partial charge in [0.15, 0.2) is 0 Å². The summed E-state index contributed by atoms with van der Waals surface area (Å²) in [5.74, 6) is 0.294. The molecule has 4 fully saturated rings. The van der Waals surface area contributed by atoms with Crippen molar-refractivity contribution >= 4 is 35.0 Å². The number of carbonyl (C=O) groups excluding carboxylic acids is 4. The van der Waals surface area contributed by atoms with Crippen LogP contribution in [0.4, 0.5) is 11.4 Å². The van der Waals surface area contributed by atoms with Gasteiger partial charge in [-0.2, -0.15) is 0 Å². The largest absolute Gasteiger partial charge is 0.374 e. The van der Waals surface area contributed by atoms with E-state index in [9.17, 15) is 19.2 Å². The molecule has 1 aromatic carbocycles. The lowest BCUT2D eigenvalue weighted by Gasteiger charge is -2.34. The number of hydrogen-bond donors (Lipinski definition) is 4. The number of rotatable bonds is 8. The van der Waals surface area contributed by atoms with Crippen molar-refractivity contribution in [2.45, 2.75) is 143 Å². The van der Waals surface area contributed by atoms with Crippen molar-refractivity contribution in [3.63, 3.8) is 0 Å². The molecule has 0 spiro atoms. The predicted octanol–water partition coefficient (Wildman–Crippen LogP) is 6.43. The van der Waals surface area contributed by atoms with Crippen LogP contribution in [0, 0.1) is 0 Å². The molecular formula is C41H65N7O4. The van der Waals surface area contributed by atoms with E-state index in [0.717, 1.165) is 43.0 Å². The Morgan fingerprint density at radius 1 is 0.596 bits per heavy atom. The van der Waals surface area contributed by atoms with Crippen LogP contribution in [-0.4, -0.2) is 88.8 Å². The van der Waals surface area contributed by atoms with Crippen LogP contribution in [0.3, 0.4) is 0 Å². The fourth-order valence-electron chi connectivity index (χ4n) is 7.11. The predicted molar refractivity (Wildman–Crippen MR) is 210 cm³/mol. The SMILES string of the molecule is CC.CC.CC(C)N1CCC(c2ccc(NC3CCC(=O)NC3=O)cc2)CC1.CC(C)N1CCC(c2ccc(NC3CCC(=O)NC3=O)cn2)CC1. The molecule has 0 saturated carbocycles. The van der Waals surface area contributed by atoms with E-state index >= 15 is 0 Å². The molecule has 0 radical (unpaired) electrons. The third-order valence-corrected chi connectivity index (χ3v) is 10.3. The van der Waals surface area contributed by atoms with E-state index in [-0.39, 0.29) is 35.7 Å². The molecule has 4 saturated heterocycles. The van der Waals surface area contributed by atoms with Crippen molar-refractivity contribution in [2.24, 2.45) is 0 Å². The average molecular weight is 720 g/mol. The average Bonchev–Trinajstić information content (AvgIpc) is 3.16. The van der Waals surface area contributed by atoms with Crippen molar-refractivity contribution in [3.05, 3.63) is 53.9 Å². The van der Waals surface area contributed by atoms with Gasteiger partial charge in [-0.3, -0.25) is 34.8 Å². The molecule has 11 nitrogen and oxygen atoms in total. The van der Waals surface area contributed by atoms with Crippen molar-refractivity contribution in [2.75, 3.05) is 36.8 Å². The number of nitrogens with one attached hydrogen (secondary N) is 4. The first-order valence-corrected chi connectivity index (χ1v) is 19.8. The third kappa shape index (κ3) is 12.7. The molecule has 6 rings (SSSR count). The number of hydrogen-bond acceptors (Lipinski definition) is 9. The number of pyridine rings is 1. The van der Waals surface area contributed by atoms with E-state index in [0.29, 0.717) is 49.6 Å². The number of imide groups is 2. The Bertz CT molecular complexity index is 1290. The van der Waals surface area contributed by atoms with Crippen LogP contribution in [0.5, 0.6) is 0 Å². The Morgan fingerprint density at radius 3 is 1.42 bits per heavy atom. The Hall–Kier alpha value is -3.83. The van der Waals surface area contributed by atoms with Crippen LogP contribution in [0.25, 0.3) is 0 Å². The minimum absolute atomic E-state index is 0.180. The van der Waals surface area contributed by atoms with Crippen molar-refractivity contribution < 1.29 is 19.2 Å². The summed E-state index contributed by atoms with van der Waals surface area (Å²) in [5, 5.41) is 11.1. The highest BCUT2D eigenvalue weighted by Crippen LogP contribution is 2.30. The first-order valence-electron chi connectivity index (χ1n) is 19.8. The Kier molecular flexibility index (Phi) is 17.7. The van der Waals surface area contributed by atoms with E-state index in [1.165, 1.54) is 31.5 Å². The fraction of sp³-hybridized carbons (Fsp3) is 0.634. The number of nitrogens with zero attached hydrogens (tertiary/aromatic N) is 3. The molecule has 2 aromatic rings. The van der Waals surface area contributed by atoms with Gasteiger partial charge in [-0.25, -0.2) is 0 Å². The standard InChI is InChI=1S/C19H27N3O2.C18H26N4O2.2C2H6/c1-13(2)22-11-9-15(10-12-22)14-3-5-16(6-4-14)20-17-7-8-18(23)21-19(17)24;1-12(2)22-9-7-13(8-10-22)15-4-3-14(11-19-15)20-16-5-6-17(23)21-18(16)24;2*1-2/h3-6,13,15,17,20H,7-12H2,1-2H3,(H,21,23,24);3-4,11-13,16,20H,5-10H2,1-2H3,(H,21,23,24);2*1-2H3. The number of amides is 4. The molecule has 52 heavy (non-hydrogen) atoms. The number of carbonyl (C=O) groups is 4. The van der Waals surface area contributed by atoms with Gasteiger partial charge in [-0.1, -0.05) is 39.8 Å². The molecule has 4 aliphatic heterocycles. The Morgan fingerprint density at radius 2 is 1.02 bits per heavy atom. The van der Waals surface area contributed by atoms with E-state index < -0.39 is 0 Å². The zero-order chi connectivity index (χ0) is 38.2. The van der Waals surface area contributed by atoms with Gasteiger partial charge in [0.25, 0.3) is 0 Å². The Labute approximate surface area is 312 Å². The fourth-order valence-corrected chi connectivity index (χ4v) is 7.11. The lowest BCUT2D eigenvalue weighted by molar-refractivity contribution is -0.135. The van der Waals surface area contributed by atoms with Gasteiger partial charge in [-0.15, -0.1) is 0 Å². The summed E-state index contributed by atoms with van der Waals surface area (Å²) in [6.45, 7) is 21.6. The molecule has 2 atom stereocenters. The minimum atomic E-state index is -0.357. The molecule has 5 heterocycles. The lowest BCUT2D eigenvalue weighted by atomic mass is 9.89. The number of anilines is 2. The highest BCUT2D eigenvalue weighted by Gasteiger charge is 2.28. The summed E-state index contributed by atoms with van der Waals surface area (Å²) in [6, 6.07) is 13.1. The Balaban J connectivity index is 0.000000256. The van der Waals surface area contributed by atoms with Crippen LogP contribution < -0.4 is 21.3 Å². The molecular weight excluding hydrogens is 654 g/mol. The summed E-state index contributed by atoms with van der Waals surface area (Å²) in [5.41, 5.74) is 4.28. The summed E-state index contributed by atoms with van der Waals surface area (Å²) in [6.07, 6.45) is 8.36. The first-order chi connectivity index (χ1) is 25.0. The zero-order valence-electron chi connectivity index (χ0n) is 33.0. The molecule has 0 aliphatic carbocycles. The molecule has 4 N–H and O–H groups in total. The summed E-state index contributed by atoms with van der Waals surface area (Å²) >= 11 is 0. The van der Waals surface area contributed by atoms with Crippen LogP contribution in [0.1, 0.15) is 130 Å². The first kappa shape index (κ1) is 42.6. The number of likely N-dealkylation sites (tertiary alicyclic amines) is 2. The number of benzene rings is 1. The normalized spacial score (nSPS) is 21.8. The lowest BCUT2D eigenvalue weighted by Crippen LogP contribution is -2.47. The highest BCUT2D eigenvalue weighted by atomic mass is 16.2. The van der Waals surface area contributed by atoms with Crippen LogP contribution in [0.2, 0.25) is 0 Å². The quantitative estimate of drug-likeness (QED) is 0.228. The molecule has 2 unspecified atom stereocenters. The van der Waals surface area contributed by atoms with Crippen LogP contribution >= 0.6 is 0 Å². The molecule has 288 valence electrons. The van der Waals surface area contributed by atoms with E-state index in [1.807, 2.05) is 45.9 Å². The van der Waals surface area contributed by atoms with Gasteiger partial charge in [0.1, 0.15) is 12.1 Å². The maximum absolute atomic E-state index is 11.8. The number of aromatic nitrogens is 1. The maximum atomic E-state index is 11.8. The van der Waals surface area contributed by atoms with Gasteiger partial charge in [-0.05, 0) is 128 Å². The summed E-state index contributed by atoms with van der Waals surface area (Å²) in [4.78, 5) is 55.6. The third-order valence-electron chi connectivity index (χ3n) is 10.3.